The SMILES string of the molecule is Cc1ccc2nc(C)c(-c3cc4nc(N5CC[C@@H](F)C5)cc(NC5CCC(C)(O)CC5)n4n3)nc2c1. The molecule has 0 unspecified atom stereocenters. The molecule has 0 amide bonds. The standard InChI is InChI=1S/C27H32FN7O/c1-16-4-5-20-21(12-16)31-26(17(2)29-20)22-13-24-32-23(34-11-8-18(28)15-34)14-25(35(24)33-22)30-19-6-9-27(3,36)10-7-19/h4-5,12-14,18-19,30,36H,6-11,15H2,1-3H3/t18-,19?,27?/m1/s1. The number of nitrogens with zero attached hydrogens (tertiary/aromatic N) is 6. The van der Waals surface area contributed by atoms with Crippen LogP contribution in [0.2, 0.25) is 0 Å². The molecule has 1 saturated heterocycles. The minimum Gasteiger partial charge on any atom is -0.390 e. The van der Waals surface area contributed by atoms with E-state index in [1.165, 1.54) is 0 Å². The fourth-order valence-electron chi connectivity index (χ4n) is 5.36. The fourth-order valence-corrected chi connectivity index (χ4v) is 5.36. The van der Waals surface area contributed by atoms with Crippen molar-refractivity contribution in [3.63, 3.8) is 0 Å². The molecule has 4 aromatic rings. The van der Waals surface area contributed by atoms with E-state index in [2.05, 4.69) is 5.32 Å². The maximum atomic E-state index is 14.0. The highest BCUT2D eigenvalue weighted by Gasteiger charge is 2.30. The number of rotatable bonds is 4. The Morgan fingerprint density at radius 2 is 1.83 bits per heavy atom. The molecule has 1 saturated carbocycles. The van der Waals surface area contributed by atoms with Gasteiger partial charge in [0.05, 0.1) is 28.9 Å². The molecule has 2 aliphatic rings. The van der Waals surface area contributed by atoms with Crippen molar-refractivity contribution in [1.82, 2.24) is 24.6 Å². The molecule has 0 bridgehead atoms. The third kappa shape index (κ3) is 4.36. The number of hydrogen-bond donors (Lipinski definition) is 2. The molecule has 2 fully saturated rings. The number of aliphatic hydroxyl groups is 1. The average Bonchev–Trinajstić information content (AvgIpc) is 3.46. The molecule has 8 nitrogen and oxygen atoms in total. The summed E-state index contributed by atoms with van der Waals surface area (Å²) in [6, 6.07) is 10.2. The summed E-state index contributed by atoms with van der Waals surface area (Å²) in [4.78, 5) is 16.5. The largest absolute Gasteiger partial charge is 0.390 e. The van der Waals surface area contributed by atoms with Gasteiger partial charge in [-0.1, -0.05) is 6.07 Å². The van der Waals surface area contributed by atoms with Crippen LogP contribution in [0.4, 0.5) is 16.0 Å². The number of hydrogen-bond acceptors (Lipinski definition) is 7. The predicted molar refractivity (Wildman–Crippen MR) is 139 cm³/mol. The molecule has 1 aliphatic carbocycles. The van der Waals surface area contributed by atoms with Crippen molar-refractivity contribution >= 4 is 28.3 Å². The summed E-state index contributed by atoms with van der Waals surface area (Å²) in [6.07, 6.45) is 2.91. The van der Waals surface area contributed by atoms with Gasteiger partial charge >= 0.3 is 0 Å². The molecule has 1 aromatic carbocycles. The van der Waals surface area contributed by atoms with E-state index in [4.69, 9.17) is 20.1 Å². The Bertz CT molecular complexity index is 1440. The van der Waals surface area contributed by atoms with Gasteiger partial charge in [0.15, 0.2) is 5.65 Å². The van der Waals surface area contributed by atoms with Crippen LogP contribution in [0, 0.1) is 13.8 Å². The van der Waals surface area contributed by atoms with Gasteiger partial charge in [-0.2, -0.15) is 9.61 Å². The lowest BCUT2D eigenvalue weighted by Crippen LogP contribution is -2.36. The van der Waals surface area contributed by atoms with Gasteiger partial charge < -0.3 is 15.3 Å². The molecule has 0 spiro atoms. The molecule has 6 rings (SSSR count). The van der Waals surface area contributed by atoms with Crippen LogP contribution >= 0.6 is 0 Å². The molecular formula is C27H32FN7O. The highest BCUT2D eigenvalue weighted by Crippen LogP contribution is 2.32. The van der Waals surface area contributed by atoms with Crippen LogP contribution < -0.4 is 10.2 Å². The van der Waals surface area contributed by atoms with E-state index in [1.807, 2.05) is 60.5 Å². The molecule has 36 heavy (non-hydrogen) atoms. The second-order valence-corrected chi connectivity index (χ2v) is 10.7. The van der Waals surface area contributed by atoms with Crippen molar-refractivity contribution in [2.45, 2.75) is 70.7 Å². The van der Waals surface area contributed by atoms with Crippen LogP contribution in [-0.4, -0.2) is 60.6 Å². The maximum absolute atomic E-state index is 14.0. The smallest absolute Gasteiger partial charge is 0.160 e. The fraction of sp³-hybridized carbons (Fsp3) is 0.481. The second kappa shape index (κ2) is 8.65. The normalized spacial score (nSPS) is 24.6. The lowest BCUT2D eigenvalue weighted by molar-refractivity contribution is 0.0196. The first kappa shape index (κ1) is 23.1. The lowest BCUT2D eigenvalue weighted by atomic mass is 9.84. The molecule has 4 heterocycles. The molecule has 1 aliphatic heterocycles. The first-order chi connectivity index (χ1) is 17.2. The summed E-state index contributed by atoms with van der Waals surface area (Å²) in [6.45, 7) is 6.89. The summed E-state index contributed by atoms with van der Waals surface area (Å²) in [5.41, 5.74) is 5.13. The zero-order valence-corrected chi connectivity index (χ0v) is 21.0. The monoisotopic (exact) mass is 489 g/mol. The number of aryl methyl sites for hydroxylation is 2. The van der Waals surface area contributed by atoms with Gasteiger partial charge in [0.25, 0.3) is 0 Å². The number of alkyl halides is 1. The maximum Gasteiger partial charge on any atom is 0.160 e. The summed E-state index contributed by atoms with van der Waals surface area (Å²) >= 11 is 0. The van der Waals surface area contributed by atoms with Crippen LogP contribution in [0.25, 0.3) is 28.1 Å². The molecule has 0 radical (unpaired) electrons. The average molecular weight is 490 g/mol. The van der Waals surface area contributed by atoms with E-state index < -0.39 is 11.8 Å². The van der Waals surface area contributed by atoms with Gasteiger partial charge in [-0.15, -0.1) is 0 Å². The molecule has 3 aromatic heterocycles. The highest BCUT2D eigenvalue weighted by atomic mass is 19.1. The van der Waals surface area contributed by atoms with Crippen molar-refractivity contribution in [2.24, 2.45) is 0 Å². The van der Waals surface area contributed by atoms with Crippen LogP contribution in [0.1, 0.15) is 50.3 Å². The van der Waals surface area contributed by atoms with E-state index >= 15 is 0 Å². The van der Waals surface area contributed by atoms with E-state index in [1.54, 1.807) is 0 Å². The quantitative estimate of drug-likeness (QED) is 0.433. The van der Waals surface area contributed by atoms with Crippen molar-refractivity contribution in [3.05, 3.63) is 41.6 Å². The van der Waals surface area contributed by atoms with Gasteiger partial charge in [-0.05, 0) is 70.6 Å². The second-order valence-electron chi connectivity index (χ2n) is 10.7. The zero-order valence-electron chi connectivity index (χ0n) is 21.0. The Labute approximate surface area is 209 Å². The summed E-state index contributed by atoms with van der Waals surface area (Å²) < 4.78 is 15.8. The Morgan fingerprint density at radius 3 is 2.58 bits per heavy atom. The van der Waals surface area contributed by atoms with Gasteiger partial charge in [0.2, 0.25) is 0 Å². The third-order valence-electron chi connectivity index (χ3n) is 7.52. The number of fused-ring (bicyclic) bond motifs is 2. The summed E-state index contributed by atoms with van der Waals surface area (Å²) in [5, 5.41) is 18.9. The van der Waals surface area contributed by atoms with E-state index in [0.29, 0.717) is 30.9 Å². The minimum absolute atomic E-state index is 0.217. The molecular weight excluding hydrogens is 457 g/mol. The summed E-state index contributed by atoms with van der Waals surface area (Å²) in [5.74, 6) is 1.56. The van der Waals surface area contributed by atoms with E-state index in [0.717, 1.165) is 65.3 Å². The number of nitrogens with one attached hydrogen (secondary N) is 1. The van der Waals surface area contributed by atoms with Crippen LogP contribution in [0.3, 0.4) is 0 Å². The Balaban J connectivity index is 1.42. The van der Waals surface area contributed by atoms with E-state index in [9.17, 15) is 9.50 Å². The highest BCUT2D eigenvalue weighted by molar-refractivity contribution is 5.79. The van der Waals surface area contributed by atoms with Gasteiger partial charge in [-0.3, -0.25) is 0 Å². The first-order valence-corrected chi connectivity index (χ1v) is 12.8. The molecule has 2 N–H and O–H groups in total. The van der Waals surface area contributed by atoms with Crippen LogP contribution in [0.5, 0.6) is 0 Å². The van der Waals surface area contributed by atoms with E-state index in [-0.39, 0.29) is 6.04 Å². The first-order valence-electron chi connectivity index (χ1n) is 12.8. The number of anilines is 2. The lowest BCUT2D eigenvalue weighted by Gasteiger charge is -2.34. The van der Waals surface area contributed by atoms with Crippen molar-refractivity contribution < 1.29 is 9.50 Å². The predicted octanol–water partition coefficient (Wildman–Crippen LogP) is 4.61. The minimum atomic E-state index is -0.834. The van der Waals surface area contributed by atoms with Gasteiger partial charge in [0, 0.05) is 24.7 Å². The molecule has 9 heteroatoms. The topological polar surface area (TPSA) is 91.5 Å². The van der Waals surface area contributed by atoms with Crippen LogP contribution in [0.15, 0.2) is 30.3 Å². The van der Waals surface area contributed by atoms with Crippen molar-refractivity contribution in [1.29, 1.82) is 0 Å². The third-order valence-corrected chi connectivity index (χ3v) is 7.52. The Hall–Kier alpha value is -3.33. The molecule has 1 atom stereocenters. The van der Waals surface area contributed by atoms with Crippen molar-refractivity contribution in [2.75, 3.05) is 23.3 Å². The number of halogens is 1. The molecule has 188 valence electrons. The Kier molecular flexibility index (Phi) is 5.55. The van der Waals surface area contributed by atoms with Crippen molar-refractivity contribution in [3.8, 4) is 11.4 Å². The van der Waals surface area contributed by atoms with Gasteiger partial charge in [0.1, 0.15) is 29.2 Å². The number of benzene rings is 1. The zero-order chi connectivity index (χ0) is 25.0. The van der Waals surface area contributed by atoms with Crippen LogP contribution in [-0.2, 0) is 0 Å². The number of aromatic nitrogens is 5. The summed E-state index contributed by atoms with van der Waals surface area (Å²) in [7, 11) is 0. The Morgan fingerprint density at radius 1 is 1.03 bits per heavy atom. The van der Waals surface area contributed by atoms with Gasteiger partial charge in [-0.25, -0.2) is 19.3 Å².